The molecule has 1 N–H and O–H groups in total. The van der Waals surface area contributed by atoms with Crippen LogP contribution >= 0.6 is 23.4 Å². The van der Waals surface area contributed by atoms with Gasteiger partial charge in [-0.2, -0.15) is 0 Å². The standard InChI is InChI=1S/C19H19ClF3N5O3S/c1-32-18-24-10-14(20)16(26-18)17(30)28-8-6-27(7-9-28)11-15(29)25-12-2-4-13(5-3-12)31-19(21,22)23/h2-5,10H,6-9,11H2,1H3,(H,25,29). The molecule has 0 bridgehead atoms. The van der Waals surface area contributed by atoms with E-state index in [1.165, 1.54) is 30.1 Å². The summed E-state index contributed by atoms with van der Waals surface area (Å²) >= 11 is 7.38. The van der Waals surface area contributed by atoms with E-state index < -0.39 is 6.36 Å². The van der Waals surface area contributed by atoms with E-state index in [0.29, 0.717) is 37.0 Å². The van der Waals surface area contributed by atoms with E-state index in [1.807, 2.05) is 4.90 Å². The average molecular weight is 490 g/mol. The van der Waals surface area contributed by atoms with E-state index in [-0.39, 0.29) is 34.8 Å². The molecule has 0 spiro atoms. The van der Waals surface area contributed by atoms with Crippen molar-refractivity contribution in [2.45, 2.75) is 11.5 Å². The maximum absolute atomic E-state index is 12.7. The molecule has 0 atom stereocenters. The SMILES string of the molecule is CSc1ncc(Cl)c(C(=O)N2CCN(CC(=O)Nc3ccc(OC(F)(F)F)cc3)CC2)n1. The number of thioether (sulfide) groups is 1. The first-order valence-corrected chi connectivity index (χ1v) is 11.0. The van der Waals surface area contributed by atoms with Crippen molar-refractivity contribution in [1.82, 2.24) is 19.8 Å². The fourth-order valence-corrected chi connectivity index (χ4v) is 3.51. The summed E-state index contributed by atoms with van der Waals surface area (Å²) in [5.41, 5.74) is 0.497. The van der Waals surface area contributed by atoms with Gasteiger partial charge in [-0.1, -0.05) is 23.4 Å². The molecule has 2 amide bonds. The Hall–Kier alpha value is -2.57. The second kappa shape index (κ2) is 10.4. The van der Waals surface area contributed by atoms with Crippen LogP contribution in [0.4, 0.5) is 18.9 Å². The van der Waals surface area contributed by atoms with Gasteiger partial charge >= 0.3 is 6.36 Å². The number of carbonyl (C=O) groups excluding carboxylic acids is 2. The molecule has 2 heterocycles. The fraction of sp³-hybridized carbons (Fsp3) is 0.368. The summed E-state index contributed by atoms with van der Waals surface area (Å²) in [6.07, 6.45) is -1.58. The molecule has 2 aromatic rings. The predicted octanol–water partition coefficient (Wildman–Crippen LogP) is 3.15. The van der Waals surface area contributed by atoms with Crippen molar-refractivity contribution >= 4 is 40.9 Å². The van der Waals surface area contributed by atoms with Crippen LogP contribution in [-0.2, 0) is 4.79 Å². The number of carbonyl (C=O) groups is 2. The van der Waals surface area contributed by atoms with Gasteiger partial charge in [0.05, 0.1) is 17.8 Å². The van der Waals surface area contributed by atoms with E-state index in [4.69, 9.17) is 11.6 Å². The Labute approximate surface area is 191 Å². The first-order valence-electron chi connectivity index (χ1n) is 9.38. The number of amides is 2. The molecule has 1 aromatic heterocycles. The van der Waals surface area contributed by atoms with Crippen LogP contribution in [0, 0.1) is 0 Å². The Morgan fingerprint density at radius 1 is 1.19 bits per heavy atom. The highest BCUT2D eigenvalue weighted by atomic mass is 35.5. The smallest absolute Gasteiger partial charge is 0.406 e. The van der Waals surface area contributed by atoms with Gasteiger partial charge in [0.25, 0.3) is 5.91 Å². The highest BCUT2D eigenvalue weighted by Crippen LogP contribution is 2.24. The third-order valence-electron chi connectivity index (χ3n) is 4.51. The minimum absolute atomic E-state index is 0.0771. The summed E-state index contributed by atoms with van der Waals surface area (Å²) in [7, 11) is 0. The van der Waals surface area contributed by atoms with Gasteiger partial charge in [0, 0.05) is 31.9 Å². The molecule has 0 saturated carbocycles. The number of ether oxygens (including phenoxy) is 1. The fourth-order valence-electron chi connectivity index (χ4n) is 3.00. The zero-order chi connectivity index (χ0) is 23.3. The summed E-state index contributed by atoms with van der Waals surface area (Å²) in [6, 6.07) is 4.89. The Balaban J connectivity index is 1.48. The zero-order valence-corrected chi connectivity index (χ0v) is 18.4. The monoisotopic (exact) mass is 489 g/mol. The highest BCUT2D eigenvalue weighted by Gasteiger charge is 2.31. The summed E-state index contributed by atoms with van der Waals surface area (Å²) in [5.74, 6) is -0.986. The van der Waals surface area contributed by atoms with E-state index in [2.05, 4.69) is 20.0 Å². The van der Waals surface area contributed by atoms with Gasteiger partial charge in [0.2, 0.25) is 5.91 Å². The summed E-state index contributed by atoms with van der Waals surface area (Å²) < 4.78 is 40.4. The van der Waals surface area contributed by atoms with Gasteiger partial charge in [-0.3, -0.25) is 14.5 Å². The van der Waals surface area contributed by atoms with Crippen molar-refractivity contribution in [2.24, 2.45) is 0 Å². The molecule has 13 heteroatoms. The van der Waals surface area contributed by atoms with Gasteiger partial charge in [-0.25, -0.2) is 9.97 Å². The Bertz CT molecular complexity index is 970. The molecule has 8 nitrogen and oxygen atoms in total. The van der Waals surface area contributed by atoms with Crippen molar-refractivity contribution in [3.8, 4) is 5.75 Å². The minimum atomic E-state index is -4.77. The Morgan fingerprint density at radius 3 is 2.44 bits per heavy atom. The molecular weight excluding hydrogens is 471 g/mol. The number of anilines is 1. The van der Waals surface area contributed by atoms with Crippen molar-refractivity contribution in [3.05, 3.63) is 41.2 Å². The lowest BCUT2D eigenvalue weighted by Gasteiger charge is -2.34. The number of piperazine rings is 1. The van der Waals surface area contributed by atoms with Crippen LogP contribution in [0.1, 0.15) is 10.5 Å². The molecular formula is C19H19ClF3N5O3S. The van der Waals surface area contributed by atoms with E-state index >= 15 is 0 Å². The normalized spacial score (nSPS) is 14.8. The van der Waals surface area contributed by atoms with Gasteiger partial charge in [0.1, 0.15) is 5.75 Å². The minimum Gasteiger partial charge on any atom is -0.406 e. The molecule has 32 heavy (non-hydrogen) atoms. The lowest BCUT2D eigenvalue weighted by atomic mass is 10.2. The van der Waals surface area contributed by atoms with Crippen molar-refractivity contribution in [2.75, 3.05) is 44.3 Å². The van der Waals surface area contributed by atoms with Gasteiger partial charge in [0.15, 0.2) is 10.9 Å². The highest BCUT2D eigenvalue weighted by molar-refractivity contribution is 7.98. The summed E-state index contributed by atoms with van der Waals surface area (Å²) in [5, 5.41) is 3.26. The topological polar surface area (TPSA) is 87.7 Å². The van der Waals surface area contributed by atoms with E-state index in [1.54, 1.807) is 11.2 Å². The van der Waals surface area contributed by atoms with Gasteiger partial charge < -0.3 is 15.0 Å². The van der Waals surface area contributed by atoms with Crippen molar-refractivity contribution in [1.29, 1.82) is 0 Å². The van der Waals surface area contributed by atoms with Gasteiger partial charge in [-0.15, -0.1) is 13.2 Å². The number of nitrogens with one attached hydrogen (secondary N) is 1. The Morgan fingerprint density at radius 2 is 1.84 bits per heavy atom. The summed E-state index contributed by atoms with van der Waals surface area (Å²) in [6.45, 7) is 1.80. The molecule has 1 aliphatic rings. The number of alkyl halides is 3. The average Bonchev–Trinajstić information content (AvgIpc) is 2.74. The third-order valence-corrected chi connectivity index (χ3v) is 5.34. The van der Waals surface area contributed by atoms with Crippen LogP contribution < -0.4 is 10.1 Å². The van der Waals surface area contributed by atoms with Crippen LogP contribution in [0.15, 0.2) is 35.6 Å². The largest absolute Gasteiger partial charge is 0.573 e. The van der Waals surface area contributed by atoms with E-state index in [0.717, 1.165) is 12.1 Å². The van der Waals surface area contributed by atoms with Crippen LogP contribution in [0.2, 0.25) is 5.02 Å². The number of benzene rings is 1. The van der Waals surface area contributed by atoms with Crippen molar-refractivity contribution in [3.63, 3.8) is 0 Å². The van der Waals surface area contributed by atoms with E-state index in [9.17, 15) is 22.8 Å². The summed E-state index contributed by atoms with van der Waals surface area (Å²) in [4.78, 5) is 36.7. The first kappa shape index (κ1) is 24.1. The lowest BCUT2D eigenvalue weighted by molar-refractivity contribution is -0.274. The molecule has 1 aromatic carbocycles. The number of halogens is 4. The zero-order valence-electron chi connectivity index (χ0n) is 16.9. The second-order valence-electron chi connectivity index (χ2n) is 6.74. The number of aromatic nitrogens is 2. The third kappa shape index (κ3) is 6.71. The molecule has 1 saturated heterocycles. The molecule has 0 radical (unpaired) electrons. The number of rotatable bonds is 6. The Kier molecular flexibility index (Phi) is 7.80. The molecule has 0 unspecified atom stereocenters. The maximum atomic E-state index is 12.7. The predicted molar refractivity (Wildman–Crippen MR) is 113 cm³/mol. The van der Waals surface area contributed by atoms with Crippen molar-refractivity contribution < 1.29 is 27.5 Å². The lowest BCUT2D eigenvalue weighted by Crippen LogP contribution is -2.50. The molecule has 0 aliphatic carbocycles. The molecule has 3 rings (SSSR count). The molecule has 1 fully saturated rings. The molecule has 1 aliphatic heterocycles. The first-order chi connectivity index (χ1) is 15.1. The van der Waals surface area contributed by atoms with Crippen LogP contribution in [0.3, 0.4) is 0 Å². The second-order valence-corrected chi connectivity index (χ2v) is 7.92. The van der Waals surface area contributed by atoms with Crippen LogP contribution in [0.5, 0.6) is 5.75 Å². The number of hydrogen-bond donors (Lipinski definition) is 1. The number of hydrogen-bond acceptors (Lipinski definition) is 7. The quantitative estimate of drug-likeness (QED) is 0.492. The number of nitrogens with zero attached hydrogens (tertiary/aromatic N) is 4. The van der Waals surface area contributed by atoms with Gasteiger partial charge in [-0.05, 0) is 30.5 Å². The van der Waals surface area contributed by atoms with Crippen LogP contribution in [-0.4, -0.2) is 76.9 Å². The van der Waals surface area contributed by atoms with Crippen LogP contribution in [0.25, 0.3) is 0 Å². The molecule has 172 valence electrons. The maximum Gasteiger partial charge on any atom is 0.573 e.